The number of likely N-dealkylation sites (tertiary alicyclic amines) is 1. The smallest absolute Gasteiger partial charge is 0.342 e. The number of aromatic hydroxyl groups is 2. The van der Waals surface area contributed by atoms with E-state index in [1.54, 1.807) is 24.0 Å². The monoisotopic (exact) mass is 490 g/mol. The fourth-order valence-corrected chi connectivity index (χ4v) is 4.29. The van der Waals surface area contributed by atoms with Gasteiger partial charge in [0.15, 0.2) is 0 Å². The third-order valence-electron chi connectivity index (χ3n) is 5.88. The van der Waals surface area contributed by atoms with Crippen molar-refractivity contribution in [2.45, 2.75) is 50.9 Å². The lowest BCUT2D eigenvalue weighted by Crippen LogP contribution is -2.28. The molecule has 3 heterocycles. The van der Waals surface area contributed by atoms with Crippen LogP contribution in [0.4, 0.5) is 0 Å². The van der Waals surface area contributed by atoms with Crippen LogP contribution < -0.4 is 0 Å². The SMILES string of the molecule is C[C@@H]1C[C@@H]2O[C@H]2C=CC=CC(=NOCCN2CCCC2=O)Cc2c(Cl)c(O)cc(O)c2C(=O)O1. The zero-order valence-electron chi connectivity index (χ0n) is 18.8. The average molecular weight is 491 g/mol. The average Bonchev–Trinajstić information content (AvgIpc) is 3.38. The number of hydrogen-bond donors (Lipinski definition) is 2. The van der Waals surface area contributed by atoms with Crippen LogP contribution in [0, 0.1) is 0 Å². The third-order valence-corrected chi connectivity index (χ3v) is 6.31. The number of phenolic OH excluding ortho intramolecular Hbond substituents is 2. The number of phenols is 2. The van der Waals surface area contributed by atoms with E-state index in [-0.39, 0.29) is 53.0 Å². The highest BCUT2D eigenvalue weighted by Crippen LogP contribution is 2.38. The number of rotatable bonds is 4. The van der Waals surface area contributed by atoms with Gasteiger partial charge in [0.2, 0.25) is 5.91 Å². The molecule has 0 radical (unpaired) electrons. The van der Waals surface area contributed by atoms with Gasteiger partial charge in [0, 0.05) is 31.9 Å². The molecule has 0 unspecified atom stereocenters. The number of esters is 1. The minimum Gasteiger partial charge on any atom is -0.507 e. The Morgan fingerprint density at radius 3 is 2.85 bits per heavy atom. The Bertz CT molecular complexity index is 1050. The highest BCUT2D eigenvalue weighted by atomic mass is 35.5. The van der Waals surface area contributed by atoms with Crippen LogP contribution in [0.2, 0.25) is 5.02 Å². The molecular weight excluding hydrogens is 464 g/mol. The Balaban J connectivity index is 1.61. The summed E-state index contributed by atoms with van der Waals surface area (Å²) in [6.07, 6.45) is 8.46. The van der Waals surface area contributed by atoms with E-state index >= 15 is 0 Å². The van der Waals surface area contributed by atoms with Gasteiger partial charge in [-0.25, -0.2) is 4.79 Å². The number of hydrogen-bond acceptors (Lipinski definition) is 8. The first-order valence-electron chi connectivity index (χ1n) is 11.2. The van der Waals surface area contributed by atoms with Crippen molar-refractivity contribution in [1.29, 1.82) is 0 Å². The van der Waals surface area contributed by atoms with E-state index in [0.29, 0.717) is 31.6 Å². The molecule has 34 heavy (non-hydrogen) atoms. The molecule has 3 aliphatic rings. The number of allylic oxidation sites excluding steroid dienone is 3. The fraction of sp³-hybridized carbons (Fsp3) is 0.458. The molecule has 3 aliphatic heterocycles. The highest BCUT2D eigenvalue weighted by molar-refractivity contribution is 6.33. The summed E-state index contributed by atoms with van der Waals surface area (Å²) in [5.41, 5.74) is 0.413. The van der Waals surface area contributed by atoms with Crippen molar-refractivity contribution in [3.05, 3.63) is 46.5 Å². The molecule has 0 saturated carbocycles. The number of carbonyl (C=O) groups is 2. The summed E-state index contributed by atoms with van der Waals surface area (Å²) in [6, 6.07) is 1.01. The zero-order valence-corrected chi connectivity index (χ0v) is 19.5. The van der Waals surface area contributed by atoms with Gasteiger partial charge in [0.1, 0.15) is 35.9 Å². The van der Waals surface area contributed by atoms with Gasteiger partial charge < -0.3 is 29.4 Å². The maximum absolute atomic E-state index is 12.9. The standard InChI is InChI=1S/C24H27ClN2O7/c1-14-11-20-19(34-20)6-3-2-5-15(26-32-10-9-27-8-4-7-21(27)30)12-16-22(24(31)33-14)17(28)13-18(29)23(16)25/h2-3,5-6,13-14,19-20,28-29H,4,7-12H2,1H3/t14-,19+,20+/m1/s1. The van der Waals surface area contributed by atoms with Gasteiger partial charge in [-0.3, -0.25) is 4.79 Å². The van der Waals surface area contributed by atoms with E-state index in [1.807, 2.05) is 12.2 Å². The molecule has 0 bridgehead atoms. The van der Waals surface area contributed by atoms with E-state index < -0.39 is 17.8 Å². The molecule has 1 aromatic rings. The summed E-state index contributed by atoms with van der Waals surface area (Å²) in [5.74, 6) is -1.48. The van der Waals surface area contributed by atoms with E-state index in [1.165, 1.54) is 0 Å². The summed E-state index contributed by atoms with van der Waals surface area (Å²) < 4.78 is 11.1. The summed E-state index contributed by atoms with van der Waals surface area (Å²) in [7, 11) is 0. The quantitative estimate of drug-likeness (QED) is 0.288. The lowest BCUT2D eigenvalue weighted by Gasteiger charge is -2.17. The first-order valence-corrected chi connectivity index (χ1v) is 11.6. The van der Waals surface area contributed by atoms with Gasteiger partial charge in [-0.1, -0.05) is 35.0 Å². The van der Waals surface area contributed by atoms with Crippen LogP contribution in [0.15, 0.2) is 35.5 Å². The maximum Gasteiger partial charge on any atom is 0.342 e. The van der Waals surface area contributed by atoms with Crippen LogP contribution in [-0.4, -0.2) is 70.7 Å². The van der Waals surface area contributed by atoms with Gasteiger partial charge in [0.25, 0.3) is 0 Å². The van der Waals surface area contributed by atoms with Crippen LogP contribution in [0.5, 0.6) is 11.5 Å². The molecule has 2 saturated heterocycles. The van der Waals surface area contributed by atoms with Crippen molar-refractivity contribution in [3.63, 3.8) is 0 Å². The first kappa shape index (κ1) is 24.1. The molecule has 0 aromatic heterocycles. The van der Waals surface area contributed by atoms with Crippen molar-refractivity contribution in [1.82, 2.24) is 4.90 Å². The van der Waals surface area contributed by atoms with E-state index in [2.05, 4.69) is 5.16 Å². The van der Waals surface area contributed by atoms with Crippen LogP contribution in [0.1, 0.15) is 42.1 Å². The summed E-state index contributed by atoms with van der Waals surface area (Å²) in [6.45, 7) is 3.07. The lowest BCUT2D eigenvalue weighted by molar-refractivity contribution is -0.128. The van der Waals surface area contributed by atoms with Gasteiger partial charge in [0.05, 0.1) is 23.4 Å². The topological polar surface area (TPSA) is 121 Å². The number of cyclic esters (lactones) is 1. The Hall–Kier alpha value is -3.04. The Kier molecular flexibility index (Phi) is 7.43. The number of fused-ring (bicyclic) bond motifs is 2. The zero-order chi connectivity index (χ0) is 24.2. The number of benzene rings is 1. The first-order chi connectivity index (χ1) is 16.3. The second-order valence-electron chi connectivity index (χ2n) is 8.49. The normalized spacial score (nSPS) is 26.1. The van der Waals surface area contributed by atoms with Gasteiger partial charge in [-0.2, -0.15) is 0 Å². The fourth-order valence-electron chi connectivity index (χ4n) is 4.07. The second-order valence-corrected chi connectivity index (χ2v) is 8.87. The molecule has 2 fully saturated rings. The Morgan fingerprint density at radius 2 is 2.09 bits per heavy atom. The number of carbonyl (C=O) groups excluding carboxylic acids is 2. The number of amides is 1. The maximum atomic E-state index is 12.9. The minimum absolute atomic E-state index is 0.0187. The number of epoxide rings is 1. The van der Waals surface area contributed by atoms with E-state index in [9.17, 15) is 19.8 Å². The van der Waals surface area contributed by atoms with Crippen LogP contribution in [0.25, 0.3) is 0 Å². The predicted octanol–water partition coefficient (Wildman–Crippen LogP) is 3.12. The molecular formula is C24H27ClN2O7. The molecule has 4 rings (SSSR count). The van der Waals surface area contributed by atoms with Crippen molar-refractivity contribution in [2.24, 2.45) is 5.16 Å². The number of ether oxygens (including phenoxy) is 2. The summed E-state index contributed by atoms with van der Waals surface area (Å²) >= 11 is 6.33. The number of nitrogens with zero attached hydrogens (tertiary/aromatic N) is 2. The van der Waals surface area contributed by atoms with E-state index in [4.69, 9.17) is 25.9 Å². The number of oxime groups is 1. The lowest BCUT2D eigenvalue weighted by atomic mass is 9.99. The Labute approximate surface area is 202 Å². The molecule has 1 amide bonds. The van der Waals surface area contributed by atoms with Gasteiger partial charge >= 0.3 is 5.97 Å². The summed E-state index contributed by atoms with van der Waals surface area (Å²) in [4.78, 5) is 31.9. The van der Waals surface area contributed by atoms with Gasteiger partial charge in [-0.05, 0) is 25.0 Å². The van der Waals surface area contributed by atoms with E-state index in [0.717, 1.165) is 12.5 Å². The van der Waals surface area contributed by atoms with Crippen molar-refractivity contribution >= 4 is 29.2 Å². The molecule has 9 nitrogen and oxygen atoms in total. The van der Waals surface area contributed by atoms with Crippen LogP contribution in [0.3, 0.4) is 0 Å². The molecule has 2 N–H and O–H groups in total. The third kappa shape index (κ3) is 5.71. The second kappa shape index (κ2) is 10.5. The van der Waals surface area contributed by atoms with Gasteiger partial charge in [-0.15, -0.1) is 0 Å². The molecule has 10 heteroatoms. The predicted molar refractivity (Wildman–Crippen MR) is 124 cm³/mol. The minimum atomic E-state index is -0.761. The van der Waals surface area contributed by atoms with Crippen molar-refractivity contribution < 1.29 is 34.1 Å². The molecule has 1 aromatic carbocycles. The highest BCUT2D eigenvalue weighted by Gasteiger charge is 2.38. The molecule has 182 valence electrons. The van der Waals surface area contributed by atoms with Crippen LogP contribution in [-0.2, 0) is 25.5 Å². The molecule has 3 atom stereocenters. The van der Waals surface area contributed by atoms with Crippen molar-refractivity contribution in [2.75, 3.05) is 19.7 Å². The molecule has 0 spiro atoms. The summed E-state index contributed by atoms with van der Waals surface area (Å²) in [5, 5.41) is 24.7. The van der Waals surface area contributed by atoms with Crippen molar-refractivity contribution in [3.8, 4) is 11.5 Å². The Morgan fingerprint density at radius 1 is 1.26 bits per heavy atom. The molecule has 0 aliphatic carbocycles. The largest absolute Gasteiger partial charge is 0.507 e. The number of halogens is 1. The van der Waals surface area contributed by atoms with Crippen LogP contribution >= 0.6 is 11.6 Å².